The van der Waals surface area contributed by atoms with E-state index in [2.05, 4.69) is 0 Å². The highest BCUT2D eigenvalue weighted by Gasteiger charge is 2.15. The summed E-state index contributed by atoms with van der Waals surface area (Å²) in [5, 5.41) is -0.00892. The van der Waals surface area contributed by atoms with Crippen molar-refractivity contribution in [2.24, 2.45) is 0 Å². The van der Waals surface area contributed by atoms with Crippen molar-refractivity contribution in [1.29, 1.82) is 0 Å². The van der Waals surface area contributed by atoms with Gasteiger partial charge in [-0.05, 0) is 6.07 Å². The van der Waals surface area contributed by atoms with Gasteiger partial charge in [0.15, 0.2) is 0 Å². The van der Waals surface area contributed by atoms with Crippen LogP contribution in [0.5, 0.6) is 0 Å². The average molecular weight is 286 g/mol. The average Bonchev–Trinajstić information content (AvgIpc) is 2.24. The van der Waals surface area contributed by atoms with Crippen LogP contribution in [0.1, 0.15) is 5.56 Å². The zero-order valence-electron chi connectivity index (χ0n) is 8.97. The molecule has 0 spiro atoms. The molecular weight excluding hydrogens is 274 g/mol. The van der Waals surface area contributed by atoms with Gasteiger partial charge in [-0.15, -0.1) is 11.6 Å². The molecule has 0 aromatic heterocycles. The van der Waals surface area contributed by atoms with Crippen LogP contribution < -0.4 is 0 Å². The molecule has 0 unspecified atom stereocenters. The van der Waals surface area contributed by atoms with Crippen LogP contribution in [0.2, 0.25) is 5.02 Å². The molecule has 0 saturated carbocycles. The minimum atomic E-state index is -2.47. The van der Waals surface area contributed by atoms with Crippen LogP contribution in [-0.2, 0) is 6.54 Å². The Morgan fingerprint density at radius 2 is 2.00 bits per heavy atom. The molecule has 0 fully saturated rings. The first-order valence-electron chi connectivity index (χ1n) is 5.04. The van der Waals surface area contributed by atoms with Gasteiger partial charge in [0.1, 0.15) is 5.82 Å². The molecule has 0 N–H and O–H groups in total. The molecular formula is C11H12Cl2F3N. The van der Waals surface area contributed by atoms with Crippen molar-refractivity contribution < 1.29 is 13.2 Å². The molecule has 0 aliphatic carbocycles. The van der Waals surface area contributed by atoms with Gasteiger partial charge in [-0.1, -0.05) is 23.7 Å². The lowest BCUT2D eigenvalue weighted by Crippen LogP contribution is -2.30. The number of halogens is 5. The quantitative estimate of drug-likeness (QED) is 0.719. The predicted molar refractivity (Wildman–Crippen MR) is 63.4 cm³/mol. The monoisotopic (exact) mass is 285 g/mol. The van der Waals surface area contributed by atoms with Crippen LogP contribution in [-0.4, -0.2) is 30.3 Å². The Hall–Kier alpha value is -0.450. The first-order chi connectivity index (χ1) is 8.04. The molecule has 0 aliphatic rings. The van der Waals surface area contributed by atoms with Crippen molar-refractivity contribution >= 4 is 23.2 Å². The Kier molecular flexibility index (Phi) is 6.09. The normalized spacial score (nSPS) is 11.5. The minimum Gasteiger partial charge on any atom is -0.292 e. The van der Waals surface area contributed by atoms with E-state index in [1.165, 1.54) is 17.0 Å². The summed E-state index contributed by atoms with van der Waals surface area (Å²) in [6.07, 6.45) is -2.47. The zero-order valence-corrected chi connectivity index (χ0v) is 10.5. The molecule has 1 aromatic carbocycles. The molecule has 1 rings (SSSR count). The first kappa shape index (κ1) is 14.6. The number of hydrogen-bond acceptors (Lipinski definition) is 1. The molecule has 0 bridgehead atoms. The van der Waals surface area contributed by atoms with Crippen LogP contribution in [0.3, 0.4) is 0 Å². The van der Waals surface area contributed by atoms with E-state index in [1.54, 1.807) is 6.07 Å². The highest BCUT2D eigenvalue weighted by Crippen LogP contribution is 2.19. The standard InChI is InChI=1S/C11H12Cl2F3N/c12-4-5-17(7-10(14)15)6-8-2-1-3-9(13)11(8)16/h1-3,10H,4-7H2. The molecule has 1 nitrogen and oxygen atoms in total. The van der Waals surface area contributed by atoms with Crippen molar-refractivity contribution in [2.45, 2.75) is 13.0 Å². The number of hydrogen-bond donors (Lipinski definition) is 0. The van der Waals surface area contributed by atoms with E-state index in [9.17, 15) is 13.2 Å². The summed E-state index contributed by atoms with van der Waals surface area (Å²) in [6, 6.07) is 4.52. The van der Waals surface area contributed by atoms with E-state index in [-0.39, 0.29) is 24.0 Å². The minimum absolute atomic E-state index is 0.00892. The van der Waals surface area contributed by atoms with Gasteiger partial charge in [0.2, 0.25) is 0 Å². The topological polar surface area (TPSA) is 3.24 Å². The van der Waals surface area contributed by atoms with Crippen LogP contribution in [0, 0.1) is 5.82 Å². The number of benzene rings is 1. The van der Waals surface area contributed by atoms with Crippen molar-refractivity contribution in [1.82, 2.24) is 4.90 Å². The van der Waals surface area contributed by atoms with E-state index in [4.69, 9.17) is 23.2 Å². The molecule has 0 amide bonds. The third-order valence-electron chi connectivity index (χ3n) is 2.22. The van der Waals surface area contributed by atoms with E-state index in [0.29, 0.717) is 5.56 Å². The summed E-state index contributed by atoms with van der Waals surface area (Å²) >= 11 is 11.1. The number of alkyl halides is 3. The van der Waals surface area contributed by atoms with Crippen molar-refractivity contribution in [3.8, 4) is 0 Å². The van der Waals surface area contributed by atoms with Gasteiger partial charge in [0.05, 0.1) is 11.6 Å². The van der Waals surface area contributed by atoms with Gasteiger partial charge >= 0.3 is 0 Å². The van der Waals surface area contributed by atoms with Gasteiger partial charge < -0.3 is 0 Å². The summed E-state index contributed by atoms with van der Waals surface area (Å²) in [5.41, 5.74) is 0.295. The smallest absolute Gasteiger partial charge is 0.251 e. The van der Waals surface area contributed by atoms with Crippen LogP contribution in [0.25, 0.3) is 0 Å². The lowest BCUT2D eigenvalue weighted by atomic mass is 10.2. The Labute approximate surface area is 108 Å². The summed E-state index contributed by atoms with van der Waals surface area (Å²) in [4.78, 5) is 1.40. The summed E-state index contributed by atoms with van der Waals surface area (Å²) in [7, 11) is 0. The fourth-order valence-electron chi connectivity index (χ4n) is 1.46. The Morgan fingerprint density at radius 3 is 2.59 bits per heavy atom. The summed E-state index contributed by atoms with van der Waals surface area (Å²) in [6.45, 7) is -0.0834. The molecule has 6 heteroatoms. The molecule has 0 saturated heterocycles. The third kappa shape index (κ3) is 4.74. The molecule has 1 aromatic rings. The molecule has 0 atom stereocenters. The first-order valence-corrected chi connectivity index (χ1v) is 5.95. The zero-order chi connectivity index (χ0) is 12.8. The predicted octanol–water partition coefficient (Wildman–Crippen LogP) is 3.79. The molecule has 17 heavy (non-hydrogen) atoms. The fraction of sp³-hybridized carbons (Fsp3) is 0.455. The van der Waals surface area contributed by atoms with Gasteiger partial charge in [-0.25, -0.2) is 13.2 Å². The van der Waals surface area contributed by atoms with Crippen LogP contribution in [0.15, 0.2) is 18.2 Å². The van der Waals surface area contributed by atoms with Gasteiger partial charge in [0, 0.05) is 24.5 Å². The van der Waals surface area contributed by atoms with E-state index < -0.39 is 18.8 Å². The maximum atomic E-state index is 13.6. The van der Waals surface area contributed by atoms with Crippen LogP contribution in [0.4, 0.5) is 13.2 Å². The lowest BCUT2D eigenvalue weighted by Gasteiger charge is -2.21. The Morgan fingerprint density at radius 1 is 1.29 bits per heavy atom. The van der Waals surface area contributed by atoms with Crippen LogP contribution >= 0.6 is 23.2 Å². The highest BCUT2D eigenvalue weighted by atomic mass is 35.5. The highest BCUT2D eigenvalue weighted by molar-refractivity contribution is 6.30. The van der Waals surface area contributed by atoms with Crippen molar-refractivity contribution in [2.75, 3.05) is 19.0 Å². The maximum Gasteiger partial charge on any atom is 0.251 e. The molecule has 0 radical (unpaired) electrons. The largest absolute Gasteiger partial charge is 0.292 e. The van der Waals surface area contributed by atoms with Gasteiger partial charge in [-0.3, -0.25) is 4.90 Å². The maximum absolute atomic E-state index is 13.6. The second-order valence-electron chi connectivity index (χ2n) is 3.53. The van der Waals surface area contributed by atoms with E-state index in [0.717, 1.165) is 0 Å². The SMILES string of the molecule is Fc1c(Cl)cccc1CN(CCCl)CC(F)F. The Balaban J connectivity index is 2.74. The number of nitrogens with zero attached hydrogens (tertiary/aromatic N) is 1. The molecule has 96 valence electrons. The fourth-order valence-corrected chi connectivity index (χ4v) is 1.89. The third-order valence-corrected chi connectivity index (χ3v) is 2.68. The van der Waals surface area contributed by atoms with Gasteiger partial charge in [-0.2, -0.15) is 0 Å². The van der Waals surface area contributed by atoms with Crippen molar-refractivity contribution in [3.05, 3.63) is 34.6 Å². The summed E-state index contributed by atoms with van der Waals surface area (Å²) < 4.78 is 38.1. The lowest BCUT2D eigenvalue weighted by molar-refractivity contribution is 0.0873. The van der Waals surface area contributed by atoms with Crippen molar-refractivity contribution in [3.63, 3.8) is 0 Å². The van der Waals surface area contributed by atoms with Gasteiger partial charge in [0.25, 0.3) is 6.43 Å². The number of rotatable bonds is 6. The van der Waals surface area contributed by atoms with E-state index in [1.807, 2.05) is 0 Å². The molecule has 0 heterocycles. The van der Waals surface area contributed by atoms with E-state index >= 15 is 0 Å². The second-order valence-corrected chi connectivity index (χ2v) is 4.31. The second kappa shape index (κ2) is 7.09. The molecule has 0 aliphatic heterocycles. The summed E-state index contributed by atoms with van der Waals surface area (Å²) in [5.74, 6) is -0.349. The Bertz CT molecular complexity index is 361.